The molecule has 174 valence electrons. The molecular formula is C21H23FN6O3S2. The van der Waals surface area contributed by atoms with E-state index in [9.17, 15) is 17.0 Å². The largest absolute Gasteiger partial charge is 0.369 e. The molecule has 4 N–H and O–H groups in total. The summed E-state index contributed by atoms with van der Waals surface area (Å²) in [6.07, 6.45) is 3.75. The van der Waals surface area contributed by atoms with Crippen molar-refractivity contribution in [1.29, 1.82) is 4.78 Å². The van der Waals surface area contributed by atoms with E-state index in [-0.39, 0.29) is 17.4 Å². The van der Waals surface area contributed by atoms with Crippen LogP contribution < -0.4 is 15.4 Å². The van der Waals surface area contributed by atoms with Crippen molar-refractivity contribution in [3.8, 4) is 11.1 Å². The van der Waals surface area contributed by atoms with Gasteiger partial charge in [-0.25, -0.2) is 26.8 Å². The summed E-state index contributed by atoms with van der Waals surface area (Å²) in [5.41, 5.74) is 1.47. The predicted molar refractivity (Wildman–Crippen MR) is 127 cm³/mol. The number of fused-ring (bicyclic) bond motifs is 4. The molecule has 4 bridgehead atoms. The minimum Gasteiger partial charge on any atom is -0.369 e. The zero-order valence-electron chi connectivity index (χ0n) is 17.8. The molecule has 0 saturated carbocycles. The second kappa shape index (κ2) is 8.94. The lowest BCUT2D eigenvalue weighted by molar-refractivity contribution is 0.604. The van der Waals surface area contributed by atoms with E-state index < -0.39 is 25.6 Å². The third kappa shape index (κ3) is 5.57. The van der Waals surface area contributed by atoms with Crippen molar-refractivity contribution in [1.82, 2.24) is 9.97 Å². The molecule has 0 fully saturated rings. The Morgan fingerprint density at radius 3 is 2.76 bits per heavy atom. The molecule has 4 rings (SSSR count). The summed E-state index contributed by atoms with van der Waals surface area (Å²) in [5, 5.41) is 6.28. The van der Waals surface area contributed by atoms with Crippen LogP contribution >= 0.6 is 0 Å². The van der Waals surface area contributed by atoms with Gasteiger partial charge in [0, 0.05) is 34.6 Å². The van der Waals surface area contributed by atoms with Crippen molar-refractivity contribution in [3.05, 3.63) is 54.5 Å². The Morgan fingerprint density at radius 1 is 1.18 bits per heavy atom. The molecule has 12 heteroatoms. The van der Waals surface area contributed by atoms with E-state index in [1.165, 1.54) is 12.1 Å². The van der Waals surface area contributed by atoms with Crippen molar-refractivity contribution in [2.24, 2.45) is 0 Å². The number of halogens is 1. The van der Waals surface area contributed by atoms with Gasteiger partial charge in [-0.2, -0.15) is 4.98 Å². The predicted octanol–water partition coefficient (Wildman–Crippen LogP) is 4.01. The second-order valence-corrected chi connectivity index (χ2v) is 11.7. The molecule has 1 aliphatic rings. The average molecular weight is 491 g/mol. The van der Waals surface area contributed by atoms with Crippen LogP contribution in [0.2, 0.25) is 0 Å². The van der Waals surface area contributed by atoms with Gasteiger partial charge >= 0.3 is 0 Å². The van der Waals surface area contributed by atoms with Gasteiger partial charge < -0.3 is 10.6 Å². The normalized spacial score (nSPS) is 18.6. The number of nitrogens with zero attached hydrogens (tertiary/aromatic N) is 2. The first-order valence-corrected chi connectivity index (χ1v) is 13.7. The Kier molecular flexibility index (Phi) is 6.21. The van der Waals surface area contributed by atoms with Crippen LogP contribution in [0.25, 0.3) is 11.1 Å². The first kappa shape index (κ1) is 22.9. The molecule has 2 aromatic carbocycles. The summed E-state index contributed by atoms with van der Waals surface area (Å²) in [6.45, 7) is 0.507. The molecule has 3 aromatic rings. The molecular weight excluding hydrogens is 467 g/mol. The summed E-state index contributed by atoms with van der Waals surface area (Å²) in [7, 11) is -6.52. The molecule has 0 saturated heterocycles. The fourth-order valence-corrected chi connectivity index (χ4v) is 5.44. The molecule has 2 heterocycles. The Bertz CT molecular complexity index is 1410. The second-order valence-electron chi connectivity index (χ2n) is 7.69. The van der Waals surface area contributed by atoms with Gasteiger partial charge in [0.1, 0.15) is 11.6 Å². The smallest absolute Gasteiger partial charge is 0.229 e. The van der Waals surface area contributed by atoms with E-state index in [1.54, 1.807) is 36.5 Å². The number of aromatic nitrogens is 2. The monoisotopic (exact) mass is 490 g/mol. The fraction of sp³-hybridized carbons (Fsp3) is 0.238. The highest BCUT2D eigenvalue weighted by molar-refractivity contribution is 7.92. The van der Waals surface area contributed by atoms with Crippen molar-refractivity contribution < 1.29 is 17.0 Å². The first-order chi connectivity index (χ1) is 15.6. The molecule has 0 spiro atoms. The lowest BCUT2D eigenvalue weighted by Crippen LogP contribution is -2.11. The lowest BCUT2D eigenvalue weighted by Gasteiger charge is -2.14. The molecule has 1 atom stereocenters. The highest BCUT2D eigenvalue weighted by atomic mass is 32.2. The summed E-state index contributed by atoms with van der Waals surface area (Å²) >= 11 is 0. The molecule has 9 nitrogen and oxygen atoms in total. The number of benzene rings is 2. The lowest BCUT2D eigenvalue weighted by atomic mass is 10.1. The summed E-state index contributed by atoms with van der Waals surface area (Å²) in [4.78, 5) is 9.31. The number of hydrogen-bond acceptors (Lipinski definition) is 8. The standard InChI is InChI=1S/C21H23FN6O3S2/c1-32(29,30)28-19-8-7-14(11-18(19)22)17-13-25-21-26-15-5-4-6-16(12-15)33(23,31)10-3-2-9-24-20(17)27-21/h4-8,11-13,23,28H,2-3,9-10H2,1H3,(H2,24,25,26,27). The van der Waals surface area contributed by atoms with Crippen molar-refractivity contribution >= 4 is 42.9 Å². The zero-order chi connectivity index (χ0) is 23.6. The van der Waals surface area contributed by atoms with Crippen LogP contribution in [0.1, 0.15) is 12.8 Å². The summed E-state index contributed by atoms with van der Waals surface area (Å²) < 4.78 is 60.6. The number of sulfonamides is 1. The zero-order valence-corrected chi connectivity index (χ0v) is 19.4. The maximum atomic E-state index is 14.5. The van der Waals surface area contributed by atoms with Crippen LogP contribution in [0.5, 0.6) is 0 Å². The van der Waals surface area contributed by atoms with Crippen LogP contribution in [0, 0.1) is 10.6 Å². The highest BCUT2D eigenvalue weighted by Crippen LogP contribution is 2.31. The van der Waals surface area contributed by atoms with Crippen molar-refractivity contribution in [2.75, 3.05) is 33.9 Å². The van der Waals surface area contributed by atoms with Gasteiger partial charge in [0.15, 0.2) is 0 Å². The number of anilines is 4. The fourth-order valence-electron chi connectivity index (χ4n) is 3.42. The molecule has 1 aromatic heterocycles. The van der Waals surface area contributed by atoms with Crippen LogP contribution in [0.4, 0.5) is 27.5 Å². The Hall–Kier alpha value is -3.25. The van der Waals surface area contributed by atoms with E-state index >= 15 is 0 Å². The summed E-state index contributed by atoms with van der Waals surface area (Å²) in [6, 6.07) is 11.0. The third-order valence-corrected chi connectivity index (χ3v) is 7.46. The number of hydrogen-bond donors (Lipinski definition) is 4. The van der Waals surface area contributed by atoms with E-state index in [0.29, 0.717) is 46.9 Å². The minimum absolute atomic E-state index is 0.146. The molecule has 0 amide bonds. The van der Waals surface area contributed by atoms with Gasteiger partial charge in [-0.1, -0.05) is 12.1 Å². The molecule has 0 aliphatic carbocycles. The SMILES string of the molecule is CS(=O)(=O)Nc1ccc(-c2cnc3nc2NCCCCS(=N)(=O)c2cccc(c2)N3)cc1F. The highest BCUT2D eigenvalue weighted by Gasteiger charge is 2.16. The Morgan fingerprint density at radius 2 is 2.00 bits per heavy atom. The maximum Gasteiger partial charge on any atom is 0.229 e. The van der Waals surface area contributed by atoms with Crippen LogP contribution in [-0.4, -0.2) is 41.1 Å². The van der Waals surface area contributed by atoms with Crippen LogP contribution in [0.15, 0.2) is 53.6 Å². The van der Waals surface area contributed by atoms with Gasteiger partial charge in [0.2, 0.25) is 16.0 Å². The molecule has 0 radical (unpaired) electrons. The number of rotatable bonds is 3. The topological polar surface area (TPSA) is 137 Å². The quantitative estimate of drug-likeness (QED) is 0.435. The van der Waals surface area contributed by atoms with Gasteiger partial charge in [-0.15, -0.1) is 0 Å². The van der Waals surface area contributed by atoms with Gasteiger partial charge in [0.05, 0.1) is 21.7 Å². The van der Waals surface area contributed by atoms with Crippen molar-refractivity contribution in [3.63, 3.8) is 0 Å². The van der Waals surface area contributed by atoms with Gasteiger partial charge in [-0.05, 0) is 48.7 Å². The van der Waals surface area contributed by atoms with E-state index in [2.05, 4.69) is 25.3 Å². The van der Waals surface area contributed by atoms with Gasteiger partial charge in [0.25, 0.3) is 0 Å². The first-order valence-electron chi connectivity index (χ1n) is 10.1. The summed E-state index contributed by atoms with van der Waals surface area (Å²) in [5.74, 6) is 0.274. The maximum absolute atomic E-state index is 14.5. The average Bonchev–Trinajstić information content (AvgIpc) is 2.74. The van der Waals surface area contributed by atoms with Crippen LogP contribution in [-0.2, 0) is 19.8 Å². The van der Waals surface area contributed by atoms with Crippen molar-refractivity contribution in [2.45, 2.75) is 17.7 Å². The van der Waals surface area contributed by atoms with E-state index in [1.807, 2.05) is 0 Å². The Balaban J connectivity index is 1.71. The third-order valence-electron chi connectivity index (χ3n) is 4.99. The molecule has 33 heavy (non-hydrogen) atoms. The molecule has 1 aliphatic heterocycles. The minimum atomic E-state index is -3.61. The number of nitrogens with one attached hydrogen (secondary N) is 4. The molecule has 1 unspecified atom stereocenters. The van der Waals surface area contributed by atoms with Crippen LogP contribution in [0.3, 0.4) is 0 Å². The van der Waals surface area contributed by atoms with Gasteiger partial charge in [-0.3, -0.25) is 4.72 Å². The van der Waals surface area contributed by atoms with E-state index in [4.69, 9.17) is 4.78 Å². The van der Waals surface area contributed by atoms with E-state index in [0.717, 1.165) is 6.26 Å². The Labute approximate surface area is 191 Å².